The molecule has 0 unspecified atom stereocenters. The molecule has 31 heavy (non-hydrogen) atoms. The predicted octanol–water partition coefficient (Wildman–Crippen LogP) is 4.02. The van der Waals surface area contributed by atoms with E-state index in [0.717, 1.165) is 12.8 Å². The molecular weight excluding hydrogens is 420 g/mol. The van der Waals surface area contributed by atoms with Crippen molar-refractivity contribution in [2.45, 2.75) is 18.9 Å². The first-order valence-electron chi connectivity index (χ1n) is 9.67. The number of nitrogens with one attached hydrogen (secondary N) is 2. The summed E-state index contributed by atoms with van der Waals surface area (Å²) in [6.07, 6.45) is 4.32. The lowest BCUT2D eigenvalue weighted by Crippen LogP contribution is -2.18. The number of nitrogens with two attached hydrogens (primary N) is 1. The van der Waals surface area contributed by atoms with Crippen LogP contribution in [0.25, 0.3) is 10.9 Å². The van der Waals surface area contributed by atoms with Gasteiger partial charge in [-0.3, -0.25) is 14.6 Å². The van der Waals surface area contributed by atoms with Crippen molar-refractivity contribution in [1.29, 1.82) is 0 Å². The zero-order valence-corrected chi connectivity index (χ0v) is 17.7. The number of hydrogen-bond donors (Lipinski definition) is 3. The Balaban J connectivity index is 1.80. The number of aldehydes is 1. The number of amides is 1. The number of pyridine rings is 1. The van der Waals surface area contributed by atoms with Gasteiger partial charge in [-0.25, -0.2) is 0 Å². The maximum absolute atomic E-state index is 12.3. The van der Waals surface area contributed by atoms with Gasteiger partial charge in [0, 0.05) is 36.3 Å². The highest BCUT2D eigenvalue weighted by molar-refractivity contribution is 6.36. The molecule has 3 aromatic rings. The molecule has 160 valence electrons. The summed E-state index contributed by atoms with van der Waals surface area (Å²) in [5, 5.41) is 6.63. The van der Waals surface area contributed by atoms with E-state index in [1.807, 2.05) is 0 Å². The van der Waals surface area contributed by atoms with E-state index < -0.39 is 0 Å². The van der Waals surface area contributed by atoms with Gasteiger partial charge in [0.15, 0.2) is 12.0 Å². The molecule has 8 nitrogen and oxygen atoms in total. The molecule has 9 heteroatoms. The lowest BCUT2D eigenvalue weighted by atomic mass is 10.1. The van der Waals surface area contributed by atoms with E-state index in [1.165, 1.54) is 14.2 Å². The van der Waals surface area contributed by atoms with Crippen molar-refractivity contribution in [2.24, 2.45) is 0 Å². The fourth-order valence-corrected chi connectivity index (χ4v) is 3.51. The van der Waals surface area contributed by atoms with Crippen LogP contribution in [0.2, 0.25) is 5.02 Å². The third kappa shape index (κ3) is 3.94. The topological polar surface area (TPSA) is 116 Å². The normalized spacial score (nSPS) is 13.0. The molecule has 1 aromatic heterocycles. The largest absolute Gasteiger partial charge is 0.496 e. The van der Waals surface area contributed by atoms with Crippen molar-refractivity contribution in [1.82, 2.24) is 10.3 Å². The van der Waals surface area contributed by atoms with Gasteiger partial charge in [0.1, 0.15) is 11.5 Å². The van der Waals surface area contributed by atoms with E-state index in [4.69, 9.17) is 26.8 Å². The minimum Gasteiger partial charge on any atom is -0.496 e. The molecule has 0 aliphatic heterocycles. The number of nitrogens with zero attached hydrogens (tertiary/aromatic N) is 1. The molecule has 0 spiro atoms. The fraction of sp³-hybridized carbons (Fsp3) is 0.227. The Morgan fingerprint density at radius 1 is 1.26 bits per heavy atom. The standard InChI is InChI=1S/C22H21ClN4O4/c1-25-22(29)14-8-13-15(9-17(14)30-2)26-6-5-16(13)31-18-7-11(10-28)21(19(23)20(18)24)27-12-3-4-12/h5-10,12,27H,3-4,24H2,1-2H3,(H,25,29). The smallest absolute Gasteiger partial charge is 0.254 e. The molecule has 0 radical (unpaired) electrons. The van der Waals surface area contributed by atoms with Gasteiger partial charge in [0.25, 0.3) is 5.91 Å². The van der Waals surface area contributed by atoms with Gasteiger partial charge in [0.2, 0.25) is 0 Å². The third-order valence-electron chi connectivity index (χ3n) is 5.06. The number of nitrogen functional groups attached to an aromatic ring is 1. The molecule has 4 N–H and O–H groups in total. The van der Waals surface area contributed by atoms with Crippen LogP contribution in [0, 0.1) is 0 Å². The molecular formula is C22H21ClN4O4. The molecule has 1 heterocycles. The van der Waals surface area contributed by atoms with Crippen LogP contribution in [0.3, 0.4) is 0 Å². The number of methoxy groups -OCH3 is 1. The van der Waals surface area contributed by atoms with Crippen LogP contribution in [0.4, 0.5) is 11.4 Å². The average molecular weight is 441 g/mol. The van der Waals surface area contributed by atoms with E-state index in [-0.39, 0.29) is 22.4 Å². The first kappa shape index (κ1) is 20.7. The Morgan fingerprint density at radius 2 is 2.03 bits per heavy atom. The van der Waals surface area contributed by atoms with Crippen LogP contribution in [-0.4, -0.2) is 37.4 Å². The number of aromatic nitrogens is 1. The zero-order valence-electron chi connectivity index (χ0n) is 17.0. The van der Waals surface area contributed by atoms with Crippen molar-refractivity contribution < 1.29 is 19.1 Å². The number of ether oxygens (including phenoxy) is 2. The number of benzene rings is 2. The first-order chi connectivity index (χ1) is 15.0. The van der Waals surface area contributed by atoms with Gasteiger partial charge >= 0.3 is 0 Å². The van der Waals surface area contributed by atoms with Crippen molar-refractivity contribution in [3.05, 3.63) is 46.6 Å². The number of hydrogen-bond acceptors (Lipinski definition) is 7. The highest BCUT2D eigenvalue weighted by Gasteiger charge is 2.25. The van der Waals surface area contributed by atoms with Crippen LogP contribution in [0.5, 0.6) is 17.2 Å². The van der Waals surface area contributed by atoms with Crippen LogP contribution in [0.15, 0.2) is 30.5 Å². The van der Waals surface area contributed by atoms with E-state index in [1.54, 1.807) is 30.5 Å². The van der Waals surface area contributed by atoms with Crippen LogP contribution in [0.1, 0.15) is 33.6 Å². The summed E-state index contributed by atoms with van der Waals surface area (Å²) < 4.78 is 11.4. The van der Waals surface area contributed by atoms with Crippen LogP contribution < -0.4 is 25.8 Å². The zero-order chi connectivity index (χ0) is 22.1. The number of carbonyl (C=O) groups is 2. The van der Waals surface area contributed by atoms with Gasteiger partial charge in [0.05, 0.1) is 34.6 Å². The number of carbonyl (C=O) groups excluding carboxylic acids is 2. The quantitative estimate of drug-likeness (QED) is 0.375. The van der Waals surface area contributed by atoms with Crippen molar-refractivity contribution in [3.63, 3.8) is 0 Å². The predicted molar refractivity (Wildman–Crippen MR) is 120 cm³/mol. The summed E-state index contributed by atoms with van der Waals surface area (Å²) in [6.45, 7) is 0. The molecule has 0 saturated heterocycles. The molecule has 1 amide bonds. The van der Waals surface area contributed by atoms with Gasteiger partial charge in [-0.15, -0.1) is 0 Å². The minimum atomic E-state index is -0.310. The SMILES string of the molecule is CNC(=O)c1cc2c(Oc3cc(C=O)c(NC4CC4)c(Cl)c3N)ccnc2cc1OC. The first-order valence-corrected chi connectivity index (χ1v) is 10.0. The Hall–Kier alpha value is -3.52. The van der Waals surface area contributed by atoms with Gasteiger partial charge in [-0.05, 0) is 31.0 Å². The summed E-state index contributed by atoms with van der Waals surface area (Å²) in [5.74, 6) is 0.714. The number of halogens is 1. The highest BCUT2D eigenvalue weighted by atomic mass is 35.5. The molecule has 2 aromatic carbocycles. The maximum atomic E-state index is 12.3. The molecule has 1 aliphatic carbocycles. The summed E-state index contributed by atoms with van der Waals surface area (Å²) in [7, 11) is 3.02. The van der Waals surface area contributed by atoms with Crippen molar-refractivity contribution in [3.8, 4) is 17.2 Å². The fourth-order valence-electron chi connectivity index (χ4n) is 3.25. The molecule has 0 bridgehead atoms. The van der Waals surface area contributed by atoms with Gasteiger partial charge in [-0.2, -0.15) is 0 Å². The number of fused-ring (bicyclic) bond motifs is 1. The third-order valence-corrected chi connectivity index (χ3v) is 5.46. The van der Waals surface area contributed by atoms with E-state index in [2.05, 4.69) is 15.6 Å². The van der Waals surface area contributed by atoms with Crippen LogP contribution in [-0.2, 0) is 0 Å². The van der Waals surface area contributed by atoms with E-state index >= 15 is 0 Å². The van der Waals surface area contributed by atoms with Crippen molar-refractivity contribution >= 4 is 46.1 Å². The monoisotopic (exact) mass is 440 g/mol. The number of anilines is 2. The molecule has 1 aliphatic rings. The van der Waals surface area contributed by atoms with E-state index in [9.17, 15) is 9.59 Å². The number of rotatable bonds is 7. The second kappa shape index (κ2) is 8.31. The lowest BCUT2D eigenvalue weighted by Gasteiger charge is -2.17. The van der Waals surface area contributed by atoms with Gasteiger partial charge < -0.3 is 25.8 Å². The molecule has 4 rings (SSSR count). The Bertz CT molecular complexity index is 1190. The Kier molecular flexibility index (Phi) is 5.56. The van der Waals surface area contributed by atoms with Gasteiger partial charge in [-0.1, -0.05) is 11.6 Å². The molecule has 1 saturated carbocycles. The average Bonchev–Trinajstić information content (AvgIpc) is 3.61. The summed E-state index contributed by atoms with van der Waals surface area (Å²) in [6, 6.07) is 6.78. The highest BCUT2D eigenvalue weighted by Crippen LogP contribution is 2.43. The molecule has 0 atom stereocenters. The Morgan fingerprint density at radius 3 is 2.68 bits per heavy atom. The summed E-state index contributed by atoms with van der Waals surface area (Å²) in [4.78, 5) is 28.3. The van der Waals surface area contributed by atoms with Crippen molar-refractivity contribution in [2.75, 3.05) is 25.2 Å². The lowest BCUT2D eigenvalue weighted by molar-refractivity contribution is 0.0960. The summed E-state index contributed by atoms with van der Waals surface area (Å²) >= 11 is 6.46. The Labute approximate surface area is 183 Å². The summed E-state index contributed by atoms with van der Waals surface area (Å²) in [5.41, 5.74) is 8.20. The van der Waals surface area contributed by atoms with Crippen LogP contribution >= 0.6 is 11.6 Å². The minimum absolute atomic E-state index is 0.209. The molecule has 1 fully saturated rings. The second-order valence-electron chi connectivity index (χ2n) is 7.16. The second-order valence-corrected chi connectivity index (χ2v) is 7.54. The van der Waals surface area contributed by atoms with E-state index in [0.29, 0.717) is 51.5 Å². The maximum Gasteiger partial charge on any atom is 0.254 e.